The fourth-order valence-corrected chi connectivity index (χ4v) is 2.82. The van der Waals surface area contributed by atoms with Crippen LogP contribution in [-0.2, 0) is 0 Å². The van der Waals surface area contributed by atoms with E-state index in [2.05, 4.69) is 16.0 Å². The van der Waals surface area contributed by atoms with Crippen LogP contribution in [0.1, 0.15) is 0 Å². The van der Waals surface area contributed by atoms with E-state index in [1.54, 1.807) is 18.4 Å². The van der Waals surface area contributed by atoms with E-state index in [4.69, 9.17) is 5.73 Å². The molecule has 0 fully saturated rings. The SMILES string of the molecule is C/N=c1\ccc2nc3ccc(N)cc3sc-2c1. The molecule has 0 atom stereocenters. The summed E-state index contributed by atoms with van der Waals surface area (Å²) >= 11 is 1.69. The maximum Gasteiger partial charge on any atom is 0.0811 e. The lowest BCUT2D eigenvalue weighted by atomic mass is 10.2. The van der Waals surface area contributed by atoms with E-state index in [1.165, 1.54) is 0 Å². The van der Waals surface area contributed by atoms with Crippen LogP contribution in [0.3, 0.4) is 0 Å². The van der Waals surface area contributed by atoms with Crippen LogP contribution in [0.15, 0.2) is 41.4 Å². The van der Waals surface area contributed by atoms with E-state index >= 15 is 0 Å². The Morgan fingerprint density at radius 3 is 2.88 bits per heavy atom. The van der Waals surface area contributed by atoms with Crippen molar-refractivity contribution >= 4 is 27.2 Å². The van der Waals surface area contributed by atoms with Crippen molar-refractivity contribution in [2.24, 2.45) is 4.99 Å². The molecule has 0 radical (unpaired) electrons. The Labute approximate surface area is 103 Å². The second-order valence-corrected chi connectivity index (χ2v) is 4.90. The van der Waals surface area contributed by atoms with Gasteiger partial charge in [-0.15, -0.1) is 11.3 Å². The van der Waals surface area contributed by atoms with Crippen LogP contribution < -0.4 is 11.1 Å². The maximum absolute atomic E-state index is 5.78. The second-order valence-electron chi connectivity index (χ2n) is 3.82. The molecule has 1 aliphatic heterocycles. The minimum atomic E-state index is 0.770. The Morgan fingerprint density at radius 1 is 1.18 bits per heavy atom. The molecular formula is C13H11N3S. The number of hydrogen-bond acceptors (Lipinski definition) is 4. The molecule has 3 nitrogen and oxygen atoms in total. The molecule has 0 saturated carbocycles. The van der Waals surface area contributed by atoms with Gasteiger partial charge in [-0.3, -0.25) is 4.99 Å². The molecule has 1 aromatic rings. The number of nitrogens with zero attached hydrogens (tertiary/aromatic N) is 2. The molecule has 0 amide bonds. The molecule has 0 spiro atoms. The van der Waals surface area contributed by atoms with Gasteiger partial charge in [0.2, 0.25) is 0 Å². The number of hydrogen-bond donors (Lipinski definition) is 1. The van der Waals surface area contributed by atoms with Crippen molar-refractivity contribution in [2.75, 3.05) is 12.8 Å². The number of fused-ring (bicyclic) bond motifs is 2. The van der Waals surface area contributed by atoms with Crippen molar-refractivity contribution in [2.45, 2.75) is 0 Å². The summed E-state index contributed by atoms with van der Waals surface area (Å²) in [7, 11) is 1.79. The highest BCUT2D eigenvalue weighted by Crippen LogP contribution is 2.30. The summed E-state index contributed by atoms with van der Waals surface area (Å²) in [5.41, 5.74) is 8.54. The first kappa shape index (κ1) is 10.2. The van der Waals surface area contributed by atoms with Crippen molar-refractivity contribution in [1.82, 2.24) is 4.98 Å². The van der Waals surface area contributed by atoms with Crippen molar-refractivity contribution < 1.29 is 0 Å². The van der Waals surface area contributed by atoms with Crippen molar-refractivity contribution in [3.8, 4) is 10.6 Å². The molecule has 0 bridgehead atoms. The van der Waals surface area contributed by atoms with Gasteiger partial charge in [0, 0.05) is 12.7 Å². The topological polar surface area (TPSA) is 51.3 Å². The number of benzene rings is 2. The highest BCUT2D eigenvalue weighted by molar-refractivity contribution is 7.21. The van der Waals surface area contributed by atoms with Crippen LogP contribution in [0.25, 0.3) is 20.8 Å². The summed E-state index contributed by atoms with van der Waals surface area (Å²) in [6, 6.07) is 11.8. The van der Waals surface area contributed by atoms with Gasteiger partial charge in [-0.05, 0) is 36.4 Å². The highest BCUT2D eigenvalue weighted by Gasteiger charge is 2.06. The average molecular weight is 241 g/mol. The largest absolute Gasteiger partial charge is 0.399 e. The van der Waals surface area contributed by atoms with E-state index in [9.17, 15) is 0 Å². The zero-order chi connectivity index (χ0) is 11.8. The lowest BCUT2D eigenvalue weighted by molar-refractivity contribution is 1.26. The molecule has 1 aliphatic carbocycles. The monoisotopic (exact) mass is 241 g/mol. The summed E-state index contributed by atoms with van der Waals surface area (Å²) in [5.74, 6) is 0. The zero-order valence-electron chi connectivity index (χ0n) is 9.34. The molecule has 17 heavy (non-hydrogen) atoms. The third-order valence-electron chi connectivity index (χ3n) is 2.65. The van der Waals surface area contributed by atoms with Gasteiger partial charge in [-0.1, -0.05) is 0 Å². The number of nitrogen functional groups attached to an aromatic ring is 1. The molecule has 1 aromatic carbocycles. The predicted octanol–water partition coefficient (Wildman–Crippen LogP) is 2.51. The number of anilines is 1. The Morgan fingerprint density at radius 2 is 2.06 bits per heavy atom. The molecule has 4 heteroatoms. The van der Waals surface area contributed by atoms with Crippen LogP contribution in [0.4, 0.5) is 5.69 Å². The molecule has 1 heterocycles. The minimum Gasteiger partial charge on any atom is -0.399 e. The van der Waals surface area contributed by atoms with Gasteiger partial charge in [-0.2, -0.15) is 0 Å². The fraction of sp³-hybridized carbons (Fsp3) is 0.0769. The first-order valence-corrected chi connectivity index (χ1v) is 6.11. The Hall–Kier alpha value is -1.94. The number of nitrogens with two attached hydrogens (primary N) is 1. The Bertz CT molecular complexity index is 730. The summed E-state index contributed by atoms with van der Waals surface area (Å²) in [6.45, 7) is 0. The Balaban J connectivity index is 2.41. The number of aromatic nitrogens is 1. The van der Waals surface area contributed by atoms with Gasteiger partial charge in [-0.25, -0.2) is 4.98 Å². The third-order valence-corrected chi connectivity index (χ3v) is 3.74. The van der Waals surface area contributed by atoms with Crippen LogP contribution >= 0.6 is 11.3 Å². The van der Waals surface area contributed by atoms with E-state index in [-0.39, 0.29) is 0 Å². The molecule has 0 saturated heterocycles. The molecule has 2 N–H and O–H groups in total. The lowest BCUT2D eigenvalue weighted by Crippen LogP contribution is -2.00. The van der Waals surface area contributed by atoms with Gasteiger partial charge in [0.1, 0.15) is 0 Å². The maximum atomic E-state index is 5.78. The minimum absolute atomic E-state index is 0.770. The zero-order valence-corrected chi connectivity index (χ0v) is 10.2. The van der Waals surface area contributed by atoms with Crippen LogP contribution in [0.5, 0.6) is 0 Å². The van der Waals surface area contributed by atoms with E-state index < -0.39 is 0 Å². The van der Waals surface area contributed by atoms with Crippen molar-refractivity contribution in [3.05, 3.63) is 41.8 Å². The van der Waals surface area contributed by atoms with E-state index in [1.807, 2.05) is 30.3 Å². The quantitative estimate of drug-likeness (QED) is 0.485. The van der Waals surface area contributed by atoms with Gasteiger partial charge in [0.15, 0.2) is 0 Å². The first-order valence-electron chi connectivity index (χ1n) is 5.29. The molecule has 0 unspecified atom stereocenters. The van der Waals surface area contributed by atoms with Crippen LogP contribution in [-0.4, -0.2) is 12.0 Å². The molecule has 2 aliphatic rings. The molecule has 3 rings (SSSR count). The Kier molecular flexibility index (Phi) is 2.30. The van der Waals surface area contributed by atoms with Crippen LogP contribution in [0.2, 0.25) is 0 Å². The van der Waals surface area contributed by atoms with Crippen molar-refractivity contribution in [1.29, 1.82) is 0 Å². The fourth-order valence-electron chi connectivity index (χ4n) is 1.77. The first-order chi connectivity index (χ1) is 8.26. The van der Waals surface area contributed by atoms with Gasteiger partial charge >= 0.3 is 0 Å². The second kappa shape index (κ2) is 3.82. The summed E-state index contributed by atoms with van der Waals surface area (Å²) < 4.78 is 1.10. The standard InChI is InChI=1S/C13H11N3S/c1-15-9-3-5-11-13(7-9)17-12-6-8(14)2-4-10(12)16-11/h2-7H,14H2,1H3/b15-9+. The molecule has 84 valence electrons. The van der Waals surface area contributed by atoms with E-state index in [0.29, 0.717) is 0 Å². The predicted molar refractivity (Wildman–Crippen MR) is 72.1 cm³/mol. The summed E-state index contributed by atoms with van der Waals surface area (Å²) in [4.78, 5) is 9.91. The number of rotatable bonds is 0. The molecule has 0 aromatic heterocycles. The molecular weight excluding hydrogens is 230 g/mol. The van der Waals surface area contributed by atoms with E-state index in [0.717, 1.165) is 31.8 Å². The summed E-state index contributed by atoms with van der Waals surface area (Å²) in [6.07, 6.45) is 0. The van der Waals surface area contributed by atoms with Gasteiger partial charge in [0.05, 0.1) is 26.1 Å². The van der Waals surface area contributed by atoms with Gasteiger partial charge in [0.25, 0.3) is 0 Å². The summed E-state index contributed by atoms with van der Waals surface area (Å²) in [5, 5.41) is 0.971. The average Bonchev–Trinajstić information content (AvgIpc) is 2.35. The van der Waals surface area contributed by atoms with Crippen LogP contribution in [0, 0.1) is 0 Å². The lowest BCUT2D eigenvalue weighted by Gasteiger charge is -2.06. The third kappa shape index (κ3) is 1.76. The van der Waals surface area contributed by atoms with Gasteiger partial charge < -0.3 is 5.73 Å². The normalized spacial score (nSPS) is 12.4. The highest BCUT2D eigenvalue weighted by atomic mass is 32.1. The smallest absolute Gasteiger partial charge is 0.0811 e. The van der Waals surface area contributed by atoms with Crippen molar-refractivity contribution in [3.63, 3.8) is 0 Å².